The van der Waals surface area contributed by atoms with Crippen molar-refractivity contribution in [2.75, 3.05) is 19.8 Å². The molecule has 6 heteroatoms. The van der Waals surface area contributed by atoms with E-state index in [0.717, 1.165) is 19.6 Å². The largest absolute Gasteiger partial charge is 0.478 e. The Balaban J connectivity index is 1.87. The van der Waals surface area contributed by atoms with Gasteiger partial charge in [0.1, 0.15) is 11.9 Å². The summed E-state index contributed by atoms with van der Waals surface area (Å²) in [6.07, 6.45) is 3.60. The monoisotopic (exact) mass is 238 g/mol. The summed E-state index contributed by atoms with van der Waals surface area (Å²) < 4.78 is 10.7. The maximum Gasteiger partial charge on any atom is 0.339 e. The maximum atomic E-state index is 10.9. The van der Waals surface area contributed by atoms with Gasteiger partial charge in [-0.1, -0.05) is 0 Å². The highest BCUT2D eigenvalue weighted by Gasteiger charge is 2.17. The first-order valence-corrected chi connectivity index (χ1v) is 5.45. The van der Waals surface area contributed by atoms with Gasteiger partial charge >= 0.3 is 5.97 Å². The lowest BCUT2D eigenvalue weighted by molar-refractivity contribution is 0.0658. The van der Waals surface area contributed by atoms with Crippen LogP contribution < -0.4 is 0 Å². The molecule has 2 heterocycles. The smallest absolute Gasteiger partial charge is 0.339 e. The summed E-state index contributed by atoms with van der Waals surface area (Å²) in [5, 5.41) is 8.92. The number of carboxylic acid groups (broad SMARTS) is 1. The molecule has 1 saturated heterocycles. The van der Waals surface area contributed by atoms with Crippen molar-refractivity contribution in [3.8, 4) is 0 Å². The first-order valence-electron chi connectivity index (χ1n) is 5.45. The zero-order valence-electron chi connectivity index (χ0n) is 9.33. The lowest BCUT2D eigenvalue weighted by Crippen LogP contribution is -2.12. The van der Waals surface area contributed by atoms with Crippen molar-refractivity contribution >= 4 is 5.97 Å². The number of aromatic carboxylic acids is 1. The van der Waals surface area contributed by atoms with Gasteiger partial charge in [0.25, 0.3) is 0 Å². The molecule has 0 bridgehead atoms. The highest BCUT2D eigenvalue weighted by Crippen LogP contribution is 2.13. The van der Waals surface area contributed by atoms with E-state index in [0.29, 0.717) is 18.2 Å². The number of hydrogen-bond acceptors (Lipinski definition) is 5. The van der Waals surface area contributed by atoms with Crippen LogP contribution in [-0.4, -0.2) is 40.9 Å². The maximum absolute atomic E-state index is 10.9. The van der Waals surface area contributed by atoms with Crippen molar-refractivity contribution in [2.24, 2.45) is 5.92 Å². The van der Waals surface area contributed by atoms with Crippen molar-refractivity contribution in [1.82, 2.24) is 9.97 Å². The second-order valence-electron chi connectivity index (χ2n) is 3.93. The van der Waals surface area contributed by atoms with Crippen molar-refractivity contribution in [3.05, 3.63) is 23.8 Å². The Morgan fingerprint density at radius 3 is 3.24 bits per heavy atom. The second-order valence-corrected chi connectivity index (χ2v) is 3.93. The summed E-state index contributed by atoms with van der Waals surface area (Å²) in [7, 11) is 0. The van der Waals surface area contributed by atoms with E-state index in [1.807, 2.05) is 0 Å². The van der Waals surface area contributed by atoms with E-state index in [-0.39, 0.29) is 12.2 Å². The van der Waals surface area contributed by atoms with E-state index in [1.165, 1.54) is 12.5 Å². The number of rotatable bonds is 5. The Morgan fingerprint density at radius 2 is 2.53 bits per heavy atom. The van der Waals surface area contributed by atoms with Crippen LogP contribution >= 0.6 is 0 Å². The van der Waals surface area contributed by atoms with Gasteiger partial charge in [-0.2, -0.15) is 0 Å². The molecule has 1 atom stereocenters. The molecular weight excluding hydrogens is 224 g/mol. The minimum absolute atomic E-state index is 0.0928. The van der Waals surface area contributed by atoms with Crippen LogP contribution in [0.25, 0.3) is 0 Å². The summed E-state index contributed by atoms with van der Waals surface area (Å²) in [5.74, 6) is -0.626. The molecule has 0 aliphatic carbocycles. The fourth-order valence-electron chi connectivity index (χ4n) is 1.69. The fourth-order valence-corrected chi connectivity index (χ4v) is 1.69. The Bertz CT molecular complexity index is 391. The number of carbonyl (C=O) groups is 1. The van der Waals surface area contributed by atoms with Gasteiger partial charge in [-0.05, 0) is 6.42 Å². The standard InChI is InChI=1S/C11H14N2O4/c14-11(15)9-3-12-7-13-10(9)6-17-5-8-1-2-16-4-8/h3,7-8H,1-2,4-6H2,(H,14,15). The highest BCUT2D eigenvalue weighted by atomic mass is 16.5. The predicted octanol–water partition coefficient (Wildman–Crippen LogP) is 0.728. The minimum atomic E-state index is -1.03. The van der Waals surface area contributed by atoms with Gasteiger partial charge in [-0.15, -0.1) is 0 Å². The van der Waals surface area contributed by atoms with Crippen LogP contribution in [0.15, 0.2) is 12.5 Å². The van der Waals surface area contributed by atoms with Crippen molar-refractivity contribution in [2.45, 2.75) is 13.0 Å². The van der Waals surface area contributed by atoms with Crippen molar-refractivity contribution < 1.29 is 19.4 Å². The van der Waals surface area contributed by atoms with E-state index in [9.17, 15) is 4.79 Å². The Hall–Kier alpha value is -1.53. The van der Waals surface area contributed by atoms with E-state index >= 15 is 0 Å². The number of aromatic nitrogens is 2. The van der Waals surface area contributed by atoms with E-state index in [1.54, 1.807) is 0 Å². The van der Waals surface area contributed by atoms with Crippen LogP contribution in [0.4, 0.5) is 0 Å². The average Bonchev–Trinajstić information content (AvgIpc) is 2.82. The molecule has 1 N–H and O–H groups in total. The van der Waals surface area contributed by atoms with E-state index < -0.39 is 5.97 Å². The number of hydrogen-bond donors (Lipinski definition) is 1. The van der Waals surface area contributed by atoms with Gasteiger partial charge in [0.15, 0.2) is 0 Å². The summed E-state index contributed by atoms with van der Waals surface area (Å²) in [6, 6.07) is 0. The summed E-state index contributed by atoms with van der Waals surface area (Å²) >= 11 is 0. The molecule has 6 nitrogen and oxygen atoms in total. The van der Waals surface area contributed by atoms with Gasteiger partial charge in [0.05, 0.1) is 25.5 Å². The third kappa shape index (κ3) is 3.21. The molecule has 1 aliphatic heterocycles. The normalized spacial score (nSPS) is 19.4. The molecule has 1 fully saturated rings. The molecule has 0 saturated carbocycles. The third-order valence-electron chi connectivity index (χ3n) is 2.64. The quantitative estimate of drug-likeness (QED) is 0.814. The summed E-state index contributed by atoms with van der Waals surface area (Å²) in [4.78, 5) is 18.5. The van der Waals surface area contributed by atoms with Crippen LogP contribution in [0.3, 0.4) is 0 Å². The average molecular weight is 238 g/mol. The Labute approximate surface area is 98.6 Å². The van der Waals surface area contributed by atoms with Gasteiger partial charge in [-0.25, -0.2) is 14.8 Å². The van der Waals surface area contributed by atoms with E-state index in [4.69, 9.17) is 14.6 Å². The first-order chi connectivity index (χ1) is 8.27. The molecule has 0 spiro atoms. The molecule has 0 aromatic carbocycles. The zero-order valence-corrected chi connectivity index (χ0v) is 9.33. The van der Waals surface area contributed by atoms with Crippen LogP contribution in [0.2, 0.25) is 0 Å². The predicted molar refractivity (Wildman–Crippen MR) is 57.6 cm³/mol. The fraction of sp³-hybridized carbons (Fsp3) is 0.545. The Kier molecular flexibility index (Phi) is 4.00. The van der Waals surface area contributed by atoms with Crippen molar-refractivity contribution in [1.29, 1.82) is 0 Å². The summed E-state index contributed by atoms with van der Waals surface area (Å²) in [6.45, 7) is 2.27. The van der Waals surface area contributed by atoms with Gasteiger partial charge < -0.3 is 14.6 Å². The van der Waals surface area contributed by atoms with Crippen LogP contribution in [0.1, 0.15) is 22.5 Å². The third-order valence-corrected chi connectivity index (χ3v) is 2.64. The van der Waals surface area contributed by atoms with Crippen LogP contribution in [0, 0.1) is 5.92 Å². The van der Waals surface area contributed by atoms with Gasteiger partial charge in [0.2, 0.25) is 0 Å². The molecule has 2 rings (SSSR count). The first kappa shape index (κ1) is 11.9. The molecule has 1 aliphatic rings. The summed E-state index contributed by atoms with van der Waals surface area (Å²) in [5.41, 5.74) is 0.501. The Morgan fingerprint density at radius 1 is 1.65 bits per heavy atom. The molecule has 1 aromatic rings. The SMILES string of the molecule is O=C(O)c1cncnc1COCC1CCOC1. The van der Waals surface area contributed by atoms with Gasteiger partial charge in [-0.3, -0.25) is 0 Å². The molecule has 1 aromatic heterocycles. The molecule has 92 valence electrons. The molecule has 1 unspecified atom stereocenters. The molecular formula is C11H14N2O4. The number of carboxylic acids is 1. The number of ether oxygens (including phenoxy) is 2. The highest BCUT2D eigenvalue weighted by molar-refractivity contribution is 5.88. The topological polar surface area (TPSA) is 81.5 Å². The minimum Gasteiger partial charge on any atom is -0.478 e. The van der Waals surface area contributed by atoms with Gasteiger partial charge in [0, 0.05) is 18.7 Å². The van der Waals surface area contributed by atoms with Crippen LogP contribution in [0.5, 0.6) is 0 Å². The zero-order chi connectivity index (χ0) is 12.1. The second kappa shape index (κ2) is 5.70. The molecule has 0 radical (unpaired) electrons. The lowest BCUT2D eigenvalue weighted by atomic mass is 10.1. The van der Waals surface area contributed by atoms with E-state index in [2.05, 4.69) is 9.97 Å². The lowest BCUT2D eigenvalue weighted by Gasteiger charge is -2.09. The number of nitrogens with zero attached hydrogens (tertiary/aromatic N) is 2. The van der Waals surface area contributed by atoms with Crippen LogP contribution in [-0.2, 0) is 16.1 Å². The van der Waals surface area contributed by atoms with Crippen molar-refractivity contribution in [3.63, 3.8) is 0 Å². The molecule has 0 amide bonds. The molecule has 17 heavy (non-hydrogen) atoms.